The quantitative estimate of drug-likeness (QED) is 0.802. The van der Waals surface area contributed by atoms with Crippen molar-refractivity contribution in [3.8, 4) is 0 Å². The Kier molecular flexibility index (Phi) is 4.62. The third-order valence-electron chi connectivity index (χ3n) is 2.86. The van der Waals surface area contributed by atoms with E-state index in [1.54, 1.807) is 12.4 Å². The van der Waals surface area contributed by atoms with Crippen LogP contribution in [0.25, 0.3) is 0 Å². The first-order valence-corrected chi connectivity index (χ1v) is 8.08. The number of aromatic amines is 1. The summed E-state index contributed by atoms with van der Waals surface area (Å²) in [5, 5.41) is 6.49. The molecule has 3 N–H and O–H groups in total. The number of benzene rings is 1. The summed E-state index contributed by atoms with van der Waals surface area (Å²) in [6, 6.07) is 4.38. The minimum absolute atomic E-state index is 0.00941. The zero-order valence-electron chi connectivity index (χ0n) is 11.1. The lowest BCUT2D eigenvalue weighted by Gasteiger charge is -2.17. The Labute approximate surface area is 133 Å². The van der Waals surface area contributed by atoms with Gasteiger partial charge in [0.15, 0.2) is 0 Å². The third-order valence-corrected chi connectivity index (χ3v) is 5.39. The average molecular weight is 345 g/mol. The van der Waals surface area contributed by atoms with E-state index in [0.717, 1.165) is 5.56 Å². The number of nitrogens with two attached hydrogens (primary N) is 1. The van der Waals surface area contributed by atoms with Crippen molar-refractivity contribution >= 4 is 38.8 Å². The third kappa shape index (κ3) is 3.41. The Morgan fingerprint density at radius 3 is 2.76 bits per heavy atom. The number of nitrogens with zero attached hydrogens (tertiary/aromatic N) is 2. The van der Waals surface area contributed by atoms with Crippen molar-refractivity contribution in [3.05, 3.63) is 46.7 Å². The average Bonchev–Trinajstić information content (AvgIpc) is 2.90. The molecule has 6 nitrogen and oxygen atoms in total. The van der Waals surface area contributed by atoms with Crippen LogP contribution in [0.5, 0.6) is 0 Å². The van der Waals surface area contributed by atoms with Gasteiger partial charge in [-0.3, -0.25) is 5.10 Å². The maximum Gasteiger partial charge on any atom is 0.244 e. The van der Waals surface area contributed by atoms with Gasteiger partial charge in [-0.2, -0.15) is 9.40 Å². The molecule has 1 aromatic carbocycles. The first-order chi connectivity index (χ1) is 9.82. The first-order valence-electron chi connectivity index (χ1n) is 5.85. The molecule has 21 heavy (non-hydrogen) atoms. The molecule has 9 heteroatoms. The topological polar surface area (TPSA) is 92.1 Å². The van der Waals surface area contributed by atoms with Crippen LogP contribution in [-0.4, -0.2) is 35.0 Å². The molecule has 0 aliphatic heterocycles. The number of thiocarbonyl (C=S) groups is 1. The largest absolute Gasteiger partial charge is 0.389 e. The van der Waals surface area contributed by atoms with E-state index < -0.39 is 10.0 Å². The summed E-state index contributed by atoms with van der Waals surface area (Å²) in [6.45, 7) is 0.187. The van der Waals surface area contributed by atoms with E-state index in [1.807, 2.05) is 0 Å². The van der Waals surface area contributed by atoms with Gasteiger partial charge in [-0.25, -0.2) is 8.42 Å². The molecule has 0 radical (unpaired) electrons. The molecule has 0 saturated carbocycles. The summed E-state index contributed by atoms with van der Waals surface area (Å²) in [5.74, 6) is 0. The van der Waals surface area contributed by atoms with Crippen molar-refractivity contribution in [3.63, 3.8) is 0 Å². The van der Waals surface area contributed by atoms with Crippen LogP contribution in [0.2, 0.25) is 5.02 Å². The Morgan fingerprint density at radius 2 is 2.24 bits per heavy atom. The van der Waals surface area contributed by atoms with E-state index >= 15 is 0 Å². The maximum absolute atomic E-state index is 12.5. The standard InChI is InChI=1S/C12H13ClN4O2S2/c1-17(7-8-5-15-16-6-8)21(18,19)11-3-2-9(12(14)20)4-10(11)13/h2-6H,7H2,1H3,(H2,14,20)(H,15,16). The number of aromatic nitrogens is 2. The van der Waals surface area contributed by atoms with Crippen LogP contribution in [0.4, 0.5) is 0 Å². The van der Waals surface area contributed by atoms with E-state index in [4.69, 9.17) is 29.6 Å². The van der Waals surface area contributed by atoms with Crippen molar-refractivity contribution in [2.24, 2.45) is 5.73 Å². The van der Waals surface area contributed by atoms with Gasteiger partial charge in [-0.15, -0.1) is 0 Å². The van der Waals surface area contributed by atoms with Crippen LogP contribution < -0.4 is 5.73 Å². The second kappa shape index (κ2) is 6.10. The molecular formula is C12H13ClN4O2S2. The highest BCUT2D eigenvalue weighted by Crippen LogP contribution is 2.26. The van der Waals surface area contributed by atoms with Gasteiger partial charge in [0, 0.05) is 30.9 Å². The lowest BCUT2D eigenvalue weighted by atomic mass is 10.2. The van der Waals surface area contributed by atoms with Crippen molar-refractivity contribution in [2.45, 2.75) is 11.4 Å². The zero-order valence-corrected chi connectivity index (χ0v) is 13.5. The van der Waals surface area contributed by atoms with Gasteiger partial charge in [0.25, 0.3) is 0 Å². The molecule has 2 rings (SSSR count). The predicted molar refractivity (Wildman–Crippen MR) is 84.6 cm³/mol. The monoisotopic (exact) mass is 344 g/mol. The number of H-pyrrole nitrogens is 1. The second-order valence-corrected chi connectivity index (χ2v) is 7.24. The van der Waals surface area contributed by atoms with Crippen LogP contribution in [-0.2, 0) is 16.6 Å². The molecule has 0 aliphatic carbocycles. The molecule has 0 unspecified atom stereocenters. The van der Waals surface area contributed by atoms with Crippen LogP contribution in [0.15, 0.2) is 35.5 Å². The van der Waals surface area contributed by atoms with Gasteiger partial charge in [-0.05, 0) is 12.1 Å². The normalized spacial score (nSPS) is 11.8. The molecular weight excluding hydrogens is 332 g/mol. The van der Waals surface area contributed by atoms with Crippen LogP contribution in [0, 0.1) is 0 Å². The number of nitrogens with one attached hydrogen (secondary N) is 1. The summed E-state index contributed by atoms with van der Waals surface area (Å²) in [5.41, 5.74) is 6.76. The van der Waals surface area contributed by atoms with Crippen molar-refractivity contribution in [1.29, 1.82) is 0 Å². The minimum Gasteiger partial charge on any atom is -0.389 e. The molecule has 112 valence electrons. The summed E-state index contributed by atoms with van der Waals surface area (Å²) in [4.78, 5) is 0.169. The second-order valence-electron chi connectivity index (χ2n) is 4.38. The van der Waals surface area contributed by atoms with E-state index in [0.29, 0.717) is 5.56 Å². The fourth-order valence-electron chi connectivity index (χ4n) is 1.74. The molecule has 0 fully saturated rings. The Morgan fingerprint density at radius 1 is 1.52 bits per heavy atom. The van der Waals surface area contributed by atoms with E-state index in [9.17, 15) is 8.42 Å². The Balaban J connectivity index is 2.33. The van der Waals surface area contributed by atoms with Gasteiger partial charge in [-0.1, -0.05) is 29.9 Å². The number of hydrogen-bond acceptors (Lipinski definition) is 4. The minimum atomic E-state index is -3.71. The smallest absolute Gasteiger partial charge is 0.244 e. The van der Waals surface area contributed by atoms with E-state index in [2.05, 4.69) is 10.2 Å². The number of sulfonamides is 1. The number of rotatable bonds is 5. The molecule has 0 aliphatic rings. The molecule has 1 aromatic heterocycles. The highest BCUT2D eigenvalue weighted by atomic mass is 35.5. The van der Waals surface area contributed by atoms with Crippen molar-refractivity contribution < 1.29 is 8.42 Å². The molecule has 0 saturated heterocycles. The van der Waals surface area contributed by atoms with Crippen molar-refractivity contribution in [1.82, 2.24) is 14.5 Å². The lowest BCUT2D eigenvalue weighted by Crippen LogP contribution is -2.26. The maximum atomic E-state index is 12.5. The van der Waals surface area contributed by atoms with E-state index in [-0.39, 0.29) is 21.5 Å². The van der Waals surface area contributed by atoms with Gasteiger partial charge < -0.3 is 5.73 Å². The molecule has 0 amide bonds. The Hall–Kier alpha value is -1.48. The summed E-state index contributed by atoms with van der Waals surface area (Å²) >= 11 is 10.9. The highest BCUT2D eigenvalue weighted by molar-refractivity contribution is 7.89. The van der Waals surface area contributed by atoms with Gasteiger partial charge in [0.2, 0.25) is 10.0 Å². The van der Waals surface area contributed by atoms with E-state index in [1.165, 1.54) is 29.6 Å². The molecule has 2 aromatic rings. The lowest BCUT2D eigenvalue weighted by molar-refractivity contribution is 0.467. The van der Waals surface area contributed by atoms with Crippen molar-refractivity contribution in [2.75, 3.05) is 7.05 Å². The zero-order chi connectivity index (χ0) is 15.6. The number of halogens is 1. The molecule has 0 bridgehead atoms. The van der Waals surface area contributed by atoms with Gasteiger partial charge in [0.05, 0.1) is 11.2 Å². The van der Waals surface area contributed by atoms with Crippen LogP contribution >= 0.6 is 23.8 Å². The summed E-state index contributed by atoms with van der Waals surface area (Å²) in [7, 11) is -2.24. The van der Waals surface area contributed by atoms with Crippen LogP contribution in [0.3, 0.4) is 0 Å². The molecule has 1 heterocycles. The highest BCUT2D eigenvalue weighted by Gasteiger charge is 2.24. The SMILES string of the molecule is CN(Cc1cn[nH]c1)S(=O)(=O)c1ccc(C(N)=S)cc1Cl. The fourth-order valence-corrected chi connectivity index (χ4v) is 3.54. The van der Waals surface area contributed by atoms with Gasteiger partial charge >= 0.3 is 0 Å². The van der Waals surface area contributed by atoms with Crippen LogP contribution in [0.1, 0.15) is 11.1 Å². The van der Waals surface area contributed by atoms with Gasteiger partial charge in [0.1, 0.15) is 9.88 Å². The molecule has 0 atom stereocenters. The fraction of sp³-hybridized carbons (Fsp3) is 0.167. The Bertz CT molecular complexity index is 760. The summed E-state index contributed by atoms with van der Waals surface area (Å²) < 4.78 is 26.2. The number of hydrogen-bond donors (Lipinski definition) is 2. The first kappa shape index (κ1) is 15.9. The molecule has 0 spiro atoms. The summed E-state index contributed by atoms with van der Waals surface area (Å²) in [6.07, 6.45) is 3.19. The predicted octanol–water partition coefficient (Wildman–Crippen LogP) is 1.52.